The van der Waals surface area contributed by atoms with E-state index in [1.54, 1.807) is 44.3 Å². The third kappa shape index (κ3) is 11.9. The van der Waals surface area contributed by atoms with Crippen molar-refractivity contribution >= 4 is 23.8 Å². The molecule has 1 heterocycles. The Balaban J connectivity index is 2.72. The number of nitrogens with zero attached hydrogens (tertiary/aromatic N) is 1. The van der Waals surface area contributed by atoms with Gasteiger partial charge in [0.2, 0.25) is 0 Å². The Morgan fingerprint density at radius 1 is 1.04 bits per heavy atom. The number of allylic oxidation sites excluding steroid dienone is 2. The largest absolute Gasteiger partial charge is 0.505 e. The van der Waals surface area contributed by atoms with Crippen LogP contribution in [0.5, 0.6) is 11.5 Å². The average molecular weight is 703 g/mol. The summed E-state index contributed by atoms with van der Waals surface area (Å²) >= 11 is 0. The summed E-state index contributed by atoms with van der Waals surface area (Å²) in [5.74, 6) is -1.35. The second-order valence-electron chi connectivity index (χ2n) is 12.7. The Morgan fingerprint density at radius 3 is 2.32 bits per heavy atom. The Kier molecular flexibility index (Phi) is 17.5. The maximum atomic E-state index is 13.4. The lowest BCUT2D eigenvalue weighted by molar-refractivity contribution is -0.112. The fourth-order valence-electron chi connectivity index (χ4n) is 6.28. The molecular formula is C37H58N4O9. The van der Waals surface area contributed by atoms with Crippen LogP contribution in [0.1, 0.15) is 66.6 Å². The SMILES string of the molecule is CCNCCN(CC)C(=O)Oc1cc2c(O)c(c1)C(OC)C(C)CC(OC)C(OC)C(C)/C=C(\C)C(OC(N)=O)C(C)/C=C\C=C(/C)C(=O)N2. The molecule has 13 heteroatoms. The van der Waals surface area contributed by atoms with E-state index in [2.05, 4.69) is 10.6 Å². The van der Waals surface area contributed by atoms with Crippen molar-refractivity contribution in [3.8, 4) is 11.5 Å². The van der Waals surface area contributed by atoms with Gasteiger partial charge < -0.3 is 50.1 Å². The van der Waals surface area contributed by atoms with E-state index >= 15 is 0 Å². The van der Waals surface area contributed by atoms with Crippen LogP contribution >= 0.6 is 0 Å². The van der Waals surface area contributed by atoms with E-state index in [0.717, 1.165) is 12.1 Å². The zero-order valence-electron chi connectivity index (χ0n) is 31.3. The second kappa shape index (κ2) is 20.7. The Morgan fingerprint density at radius 2 is 1.74 bits per heavy atom. The molecule has 5 N–H and O–H groups in total. The Labute approximate surface area is 297 Å². The molecule has 1 aromatic carbocycles. The van der Waals surface area contributed by atoms with Crippen LogP contribution in [0, 0.1) is 17.8 Å². The van der Waals surface area contributed by atoms with Crippen molar-refractivity contribution in [2.75, 3.05) is 52.8 Å². The van der Waals surface area contributed by atoms with Crippen molar-refractivity contribution in [3.05, 3.63) is 53.1 Å². The molecule has 1 aromatic rings. The Bertz CT molecular complexity index is 1380. The number of phenolic OH excluding ortho intramolecular Hbond substituents is 1. The molecule has 7 unspecified atom stereocenters. The van der Waals surface area contributed by atoms with Gasteiger partial charge >= 0.3 is 12.2 Å². The van der Waals surface area contributed by atoms with Gasteiger partial charge in [0.1, 0.15) is 17.6 Å². The number of hydrogen-bond donors (Lipinski definition) is 4. The number of phenols is 1. The zero-order chi connectivity index (χ0) is 37.5. The maximum Gasteiger partial charge on any atom is 0.415 e. The van der Waals surface area contributed by atoms with Crippen LogP contribution in [0.2, 0.25) is 0 Å². The van der Waals surface area contributed by atoms with E-state index in [9.17, 15) is 19.5 Å². The monoisotopic (exact) mass is 702 g/mol. The highest BCUT2D eigenvalue weighted by Crippen LogP contribution is 2.42. The third-order valence-corrected chi connectivity index (χ3v) is 8.97. The van der Waals surface area contributed by atoms with E-state index in [1.807, 2.05) is 53.7 Å². The number of anilines is 1. The molecule has 0 aliphatic carbocycles. The first kappa shape index (κ1) is 42.3. The summed E-state index contributed by atoms with van der Waals surface area (Å²) in [4.78, 5) is 40.0. The number of likely N-dealkylation sites (N-methyl/N-ethyl adjacent to an activating group) is 2. The molecule has 2 bridgehead atoms. The average Bonchev–Trinajstić information content (AvgIpc) is 3.06. The number of hydrogen-bond acceptors (Lipinski definition) is 10. The van der Waals surface area contributed by atoms with Gasteiger partial charge in [-0.1, -0.05) is 52.0 Å². The number of nitrogens with one attached hydrogen (secondary N) is 2. The number of nitrogens with two attached hydrogens (primary N) is 1. The molecule has 0 spiro atoms. The molecule has 0 saturated carbocycles. The normalized spacial score (nSPS) is 28.0. The van der Waals surface area contributed by atoms with Crippen LogP contribution in [-0.2, 0) is 23.7 Å². The molecular weight excluding hydrogens is 644 g/mol. The lowest BCUT2D eigenvalue weighted by atomic mass is 9.86. The maximum absolute atomic E-state index is 13.4. The molecule has 3 amide bonds. The second-order valence-corrected chi connectivity index (χ2v) is 12.7. The summed E-state index contributed by atoms with van der Waals surface area (Å²) in [6, 6.07) is 2.98. The predicted octanol–water partition coefficient (Wildman–Crippen LogP) is 5.70. The quantitative estimate of drug-likeness (QED) is 0.135. The first-order valence-corrected chi connectivity index (χ1v) is 17.2. The van der Waals surface area contributed by atoms with Gasteiger partial charge in [-0.25, -0.2) is 9.59 Å². The fraction of sp³-hybridized carbons (Fsp3) is 0.595. The summed E-state index contributed by atoms with van der Waals surface area (Å²) in [6.07, 6.45) is 3.84. The van der Waals surface area contributed by atoms with Gasteiger partial charge in [0.05, 0.1) is 24.0 Å². The van der Waals surface area contributed by atoms with Crippen molar-refractivity contribution in [2.24, 2.45) is 23.5 Å². The zero-order valence-corrected chi connectivity index (χ0v) is 31.3. The van der Waals surface area contributed by atoms with Crippen molar-refractivity contribution < 1.29 is 43.2 Å². The van der Waals surface area contributed by atoms with Gasteiger partial charge in [-0.15, -0.1) is 0 Å². The first-order valence-electron chi connectivity index (χ1n) is 17.2. The third-order valence-electron chi connectivity index (χ3n) is 8.97. The predicted molar refractivity (Wildman–Crippen MR) is 193 cm³/mol. The topological polar surface area (TPSA) is 171 Å². The summed E-state index contributed by atoms with van der Waals surface area (Å²) in [6.45, 7) is 15.4. The number of methoxy groups -OCH3 is 3. The van der Waals surface area contributed by atoms with E-state index in [1.165, 1.54) is 13.2 Å². The number of primary amides is 1. The van der Waals surface area contributed by atoms with Crippen LogP contribution in [0.15, 0.2) is 47.6 Å². The summed E-state index contributed by atoms with van der Waals surface area (Å²) in [5.41, 5.74) is 6.91. The van der Waals surface area contributed by atoms with Gasteiger partial charge in [-0.3, -0.25) is 4.79 Å². The molecule has 1 aliphatic heterocycles. The number of benzene rings is 1. The molecule has 0 aromatic heterocycles. The van der Waals surface area contributed by atoms with Crippen LogP contribution in [0.3, 0.4) is 0 Å². The van der Waals surface area contributed by atoms with Crippen molar-refractivity contribution in [3.63, 3.8) is 0 Å². The van der Waals surface area contributed by atoms with Crippen molar-refractivity contribution in [1.29, 1.82) is 0 Å². The molecule has 13 nitrogen and oxygen atoms in total. The van der Waals surface area contributed by atoms with E-state index in [4.69, 9.17) is 29.4 Å². The van der Waals surface area contributed by atoms with E-state index < -0.39 is 42.5 Å². The smallest absolute Gasteiger partial charge is 0.415 e. The molecule has 50 heavy (non-hydrogen) atoms. The summed E-state index contributed by atoms with van der Waals surface area (Å²) in [7, 11) is 4.74. The van der Waals surface area contributed by atoms with Crippen molar-refractivity contribution in [2.45, 2.75) is 79.3 Å². The number of rotatable bonds is 10. The molecule has 2 rings (SSSR count). The van der Waals surface area contributed by atoms with Gasteiger partial charge in [0, 0.05) is 70.0 Å². The molecule has 280 valence electrons. The van der Waals surface area contributed by atoms with E-state index in [0.29, 0.717) is 37.2 Å². The van der Waals surface area contributed by atoms with E-state index in [-0.39, 0.29) is 34.9 Å². The highest BCUT2D eigenvalue weighted by Gasteiger charge is 2.33. The van der Waals surface area contributed by atoms with Crippen LogP contribution in [-0.4, -0.2) is 93.9 Å². The minimum atomic E-state index is -0.903. The minimum absolute atomic E-state index is 0.0460. The number of amides is 3. The number of aromatic hydroxyl groups is 1. The highest BCUT2D eigenvalue weighted by molar-refractivity contribution is 6.04. The lowest BCUT2D eigenvalue weighted by Crippen LogP contribution is -2.38. The van der Waals surface area contributed by atoms with Crippen LogP contribution in [0.25, 0.3) is 0 Å². The molecule has 0 saturated heterocycles. The van der Waals surface area contributed by atoms with Gasteiger partial charge in [-0.05, 0) is 51.3 Å². The Hall–Kier alpha value is -3.91. The standard InChI is InChI=1S/C37H58N4O9/c1-11-39-16-17-41(12-2)37(45)49-27-20-28-31(42)29(21-27)40-35(43)23(4)15-13-14-22(3)32(50-36(38)44)24(5)18-25(6)34(48-10)30(46-8)19-26(7)33(28)47-9/h13-15,18,20-22,25-26,30,32-34,39,42H,11-12,16-17,19H2,1-10H3,(H2,38,44)(H,40,43)/b14-13-,23-15+,24-18+. The molecule has 1 aliphatic rings. The number of ether oxygens (including phenoxy) is 5. The molecule has 7 atom stereocenters. The van der Waals surface area contributed by atoms with Crippen molar-refractivity contribution in [1.82, 2.24) is 10.2 Å². The van der Waals surface area contributed by atoms with Gasteiger partial charge in [0.25, 0.3) is 5.91 Å². The molecule has 0 radical (unpaired) electrons. The number of carbonyl (C=O) groups is 3. The minimum Gasteiger partial charge on any atom is -0.505 e. The first-order chi connectivity index (χ1) is 23.7. The fourth-order valence-corrected chi connectivity index (χ4v) is 6.28. The number of carbonyl (C=O) groups excluding carboxylic acids is 3. The number of fused-ring (bicyclic) bond motifs is 2. The van der Waals surface area contributed by atoms with Crippen LogP contribution < -0.4 is 21.1 Å². The molecule has 0 fully saturated rings. The highest BCUT2D eigenvalue weighted by atomic mass is 16.6. The summed E-state index contributed by atoms with van der Waals surface area (Å²) in [5, 5.41) is 17.6. The van der Waals surface area contributed by atoms with Gasteiger partial charge in [0.15, 0.2) is 0 Å². The summed E-state index contributed by atoms with van der Waals surface area (Å²) < 4.78 is 29.2. The lowest BCUT2D eigenvalue weighted by Gasteiger charge is -2.33. The van der Waals surface area contributed by atoms with Gasteiger partial charge in [-0.2, -0.15) is 0 Å². The van der Waals surface area contributed by atoms with Crippen LogP contribution in [0.4, 0.5) is 15.3 Å².